The van der Waals surface area contributed by atoms with Crippen molar-refractivity contribution in [1.82, 2.24) is 14.8 Å². The molecule has 0 unspecified atom stereocenters. The number of carbonyl (C=O) groups excluding carboxylic acids is 1. The lowest BCUT2D eigenvalue weighted by Gasteiger charge is -2.33. The molecule has 1 aromatic carbocycles. The maximum absolute atomic E-state index is 13.4. The molecule has 0 spiro atoms. The molecule has 156 valence electrons. The Morgan fingerprint density at radius 2 is 1.97 bits per heavy atom. The van der Waals surface area contributed by atoms with Crippen molar-refractivity contribution in [3.05, 3.63) is 53.5 Å². The van der Waals surface area contributed by atoms with Crippen LogP contribution in [0.5, 0.6) is 0 Å². The Bertz CT molecular complexity index is 814. The van der Waals surface area contributed by atoms with E-state index in [0.29, 0.717) is 25.4 Å². The summed E-state index contributed by atoms with van der Waals surface area (Å²) in [5, 5.41) is 0. The quantitative estimate of drug-likeness (QED) is 0.763. The van der Waals surface area contributed by atoms with E-state index in [4.69, 9.17) is 4.42 Å². The summed E-state index contributed by atoms with van der Waals surface area (Å²) < 4.78 is 19.4. The van der Waals surface area contributed by atoms with E-state index in [1.54, 1.807) is 12.3 Å². The van der Waals surface area contributed by atoms with Crippen LogP contribution < -0.4 is 0 Å². The Labute approximate surface area is 171 Å². The average Bonchev–Trinajstić information content (AvgIpc) is 3.03. The molecule has 0 aliphatic carbocycles. The van der Waals surface area contributed by atoms with Crippen molar-refractivity contribution >= 4 is 5.91 Å². The molecule has 0 saturated carbocycles. The molecule has 2 aliphatic rings. The molecule has 2 aromatic rings. The average molecular weight is 400 g/mol. The Kier molecular flexibility index (Phi) is 6.60. The van der Waals surface area contributed by atoms with Crippen LogP contribution in [0.25, 0.3) is 0 Å². The van der Waals surface area contributed by atoms with Gasteiger partial charge in [0.25, 0.3) is 0 Å². The van der Waals surface area contributed by atoms with Crippen molar-refractivity contribution in [1.29, 1.82) is 0 Å². The molecule has 0 bridgehead atoms. The highest BCUT2D eigenvalue weighted by atomic mass is 19.1. The molecule has 1 atom stereocenters. The lowest BCUT2D eigenvalue weighted by molar-refractivity contribution is -0.133. The predicted molar refractivity (Wildman–Crippen MR) is 109 cm³/mol. The predicted octanol–water partition coefficient (Wildman–Crippen LogP) is 3.99. The first-order valence-electron chi connectivity index (χ1n) is 10.9. The molecule has 6 heteroatoms. The van der Waals surface area contributed by atoms with Crippen LogP contribution in [-0.2, 0) is 11.2 Å². The molecule has 0 N–H and O–H groups in total. The van der Waals surface area contributed by atoms with Crippen molar-refractivity contribution in [2.45, 2.75) is 50.9 Å². The Hall–Kier alpha value is -2.21. The fourth-order valence-electron chi connectivity index (χ4n) is 4.43. The van der Waals surface area contributed by atoms with E-state index < -0.39 is 0 Å². The van der Waals surface area contributed by atoms with E-state index in [9.17, 15) is 9.18 Å². The van der Waals surface area contributed by atoms with E-state index in [1.807, 2.05) is 11.0 Å². The summed E-state index contributed by atoms with van der Waals surface area (Å²) in [5.41, 5.74) is 0.866. The van der Waals surface area contributed by atoms with Gasteiger partial charge in [0, 0.05) is 19.5 Å². The van der Waals surface area contributed by atoms with Crippen molar-refractivity contribution < 1.29 is 13.6 Å². The fourth-order valence-corrected chi connectivity index (χ4v) is 4.43. The SMILES string of the molecule is O=C(CN1CCCCCC1)N1CCC[C@H](c2ncc(Cc3cccc(F)c3)o2)C1. The monoisotopic (exact) mass is 399 g/mol. The van der Waals surface area contributed by atoms with Crippen LogP contribution in [0.1, 0.15) is 61.7 Å². The summed E-state index contributed by atoms with van der Waals surface area (Å²) in [5.74, 6) is 1.55. The summed E-state index contributed by atoms with van der Waals surface area (Å²) in [6, 6.07) is 6.55. The van der Waals surface area contributed by atoms with Crippen LogP contribution >= 0.6 is 0 Å². The number of amides is 1. The third kappa shape index (κ3) is 5.44. The van der Waals surface area contributed by atoms with Crippen LogP contribution in [0.15, 0.2) is 34.9 Å². The standard InChI is InChI=1S/C23H30FN3O2/c24-20-9-5-7-18(13-20)14-21-15-25-23(29-21)19-8-6-12-27(16-19)22(28)17-26-10-3-1-2-4-11-26/h5,7,9,13,15,19H,1-4,6,8,10-12,14,16-17H2/t19-/m0/s1. The molecule has 5 nitrogen and oxygen atoms in total. The fraction of sp³-hybridized carbons (Fsp3) is 0.565. The van der Waals surface area contributed by atoms with Gasteiger partial charge < -0.3 is 9.32 Å². The second kappa shape index (κ2) is 9.53. The lowest BCUT2D eigenvalue weighted by Crippen LogP contribution is -2.44. The first-order valence-corrected chi connectivity index (χ1v) is 10.9. The molecule has 2 aliphatic heterocycles. The minimum absolute atomic E-state index is 0.137. The van der Waals surface area contributed by atoms with Crippen LogP contribution in [-0.4, -0.2) is 53.4 Å². The van der Waals surface area contributed by atoms with E-state index in [2.05, 4.69) is 9.88 Å². The maximum Gasteiger partial charge on any atom is 0.236 e. The lowest BCUT2D eigenvalue weighted by atomic mass is 9.98. The number of aromatic nitrogens is 1. The number of halogens is 1. The summed E-state index contributed by atoms with van der Waals surface area (Å²) >= 11 is 0. The molecule has 0 radical (unpaired) electrons. The Morgan fingerprint density at radius 3 is 2.76 bits per heavy atom. The van der Waals surface area contributed by atoms with Crippen LogP contribution in [0.2, 0.25) is 0 Å². The van der Waals surface area contributed by atoms with E-state index in [0.717, 1.165) is 43.8 Å². The molecule has 4 rings (SSSR count). The van der Waals surface area contributed by atoms with Crippen molar-refractivity contribution in [3.8, 4) is 0 Å². The number of rotatable bonds is 5. The van der Waals surface area contributed by atoms with Gasteiger partial charge in [-0.05, 0) is 56.5 Å². The zero-order valence-corrected chi connectivity index (χ0v) is 17.0. The van der Waals surface area contributed by atoms with Gasteiger partial charge >= 0.3 is 0 Å². The molecule has 2 saturated heterocycles. The number of nitrogens with zero attached hydrogens (tertiary/aromatic N) is 3. The minimum atomic E-state index is -0.243. The van der Waals surface area contributed by atoms with Gasteiger partial charge in [-0.25, -0.2) is 9.37 Å². The number of benzene rings is 1. The first kappa shape index (κ1) is 20.1. The molecule has 29 heavy (non-hydrogen) atoms. The normalized spacial score (nSPS) is 21.1. The molecular weight excluding hydrogens is 369 g/mol. The number of piperidine rings is 1. The largest absolute Gasteiger partial charge is 0.445 e. The van der Waals surface area contributed by atoms with Gasteiger partial charge in [-0.15, -0.1) is 0 Å². The minimum Gasteiger partial charge on any atom is -0.445 e. The topological polar surface area (TPSA) is 49.6 Å². The van der Waals surface area contributed by atoms with Crippen molar-refractivity contribution in [2.75, 3.05) is 32.7 Å². The van der Waals surface area contributed by atoms with Crippen LogP contribution in [0, 0.1) is 5.82 Å². The summed E-state index contributed by atoms with van der Waals surface area (Å²) in [6.45, 7) is 4.09. The molecule has 3 heterocycles. The number of hydrogen-bond donors (Lipinski definition) is 0. The molecule has 2 fully saturated rings. The number of likely N-dealkylation sites (tertiary alicyclic amines) is 2. The summed E-state index contributed by atoms with van der Waals surface area (Å²) in [6.07, 6.45) is 9.15. The number of oxazole rings is 1. The van der Waals surface area contributed by atoms with Gasteiger partial charge in [0.05, 0.1) is 18.7 Å². The second-order valence-electron chi connectivity index (χ2n) is 8.34. The Balaban J connectivity index is 1.34. The van der Waals surface area contributed by atoms with Gasteiger partial charge in [-0.1, -0.05) is 25.0 Å². The van der Waals surface area contributed by atoms with Crippen molar-refractivity contribution in [3.63, 3.8) is 0 Å². The molecule has 1 aromatic heterocycles. The molecular formula is C23H30FN3O2. The number of carbonyl (C=O) groups is 1. The zero-order chi connectivity index (χ0) is 20.1. The van der Waals surface area contributed by atoms with Crippen LogP contribution in [0.3, 0.4) is 0 Å². The summed E-state index contributed by atoms with van der Waals surface area (Å²) in [7, 11) is 0. The van der Waals surface area contributed by atoms with Gasteiger partial charge in [0.2, 0.25) is 5.91 Å². The Morgan fingerprint density at radius 1 is 1.14 bits per heavy atom. The highest BCUT2D eigenvalue weighted by Crippen LogP contribution is 2.27. The van der Waals surface area contributed by atoms with Gasteiger partial charge in [-0.2, -0.15) is 0 Å². The van der Waals surface area contributed by atoms with Gasteiger partial charge in [-0.3, -0.25) is 9.69 Å². The first-order chi connectivity index (χ1) is 14.2. The third-order valence-corrected chi connectivity index (χ3v) is 6.02. The third-order valence-electron chi connectivity index (χ3n) is 6.02. The van der Waals surface area contributed by atoms with Crippen LogP contribution in [0.4, 0.5) is 4.39 Å². The highest BCUT2D eigenvalue weighted by molar-refractivity contribution is 5.78. The summed E-state index contributed by atoms with van der Waals surface area (Å²) in [4.78, 5) is 21.6. The molecule has 1 amide bonds. The van der Waals surface area contributed by atoms with E-state index in [-0.39, 0.29) is 17.6 Å². The van der Waals surface area contributed by atoms with Gasteiger partial charge in [0.15, 0.2) is 5.89 Å². The van der Waals surface area contributed by atoms with Crippen molar-refractivity contribution in [2.24, 2.45) is 0 Å². The van der Waals surface area contributed by atoms with Gasteiger partial charge in [0.1, 0.15) is 11.6 Å². The number of hydrogen-bond acceptors (Lipinski definition) is 4. The second-order valence-corrected chi connectivity index (χ2v) is 8.34. The zero-order valence-electron chi connectivity index (χ0n) is 17.0. The highest BCUT2D eigenvalue weighted by Gasteiger charge is 2.28. The smallest absolute Gasteiger partial charge is 0.236 e. The van der Waals surface area contributed by atoms with E-state index in [1.165, 1.54) is 37.8 Å². The maximum atomic E-state index is 13.4. The van der Waals surface area contributed by atoms with E-state index >= 15 is 0 Å².